The van der Waals surface area contributed by atoms with E-state index in [4.69, 9.17) is 15.2 Å². The standard InChI is InChI=1S/C12H18N2O2/c1-15-9-3-4-12(11(13)7-9)14-6-5-10(8-14)16-2/h3-4,7,10H,5-6,8,13H2,1-2H3. The molecular weight excluding hydrogens is 204 g/mol. The molecule has 1 saturated heterocycles. The number of nitrogens with zero attached hydrogens (tertiary/aromatic N) is 1. The minimum Gasteiger partial charge on any atom is -0.497 e. The van der Waals surface area contributed by atoms with Crippen molar-refractivity contribution in [1.82, 2.24) is 0 Å². The summed E-state index contributed by atoms with van der Waals surface area (Å²) < 4.78 is 10.5. The molecule has 1 aromatic rings. The van der Waals surface area contributed by atoms with Gasteiger partial charge in [-0.3, -0.25) is 0 Å². The molecule has 2 rings (SSSR count). The molecule has 0 aliphatic carbocycles. The first kappa shape index (κ1) is 11.1. The Kier molecular flexibility index (Phi) is 3.19. The second-order valence-electron chi connectivity index (χ2n) is 4.02. The number of nitrogens with two attached hydrogens (primary N) is 1. The van der Waals surface area contributed by atoms with Crippen LogP contribution in [0.3, 0.4) is 0 Å². The third-order valence-electron chi connectivity index (χ3n) is 3.05. The fourth-order valence-corrected chi connectivity index (χ4v) is 2.09. The van der Waals surface area contributed by atoms with Crippen molar-refractivity contribution in [1.29, 1.82) is 0 Å². The second-order valence-corrected chi connectivity index (χ2v) is 4.02. The summed E-state index contributed by atoms with van der Waals surface area (Å²) in [5.74, 6) is 0.795. The number of anilines is 2. The van der Waals surface area contributed by atoms with Gasteiger partial charge in [0.2, 0.25) is 0 Å². The summed E-state index contributed by atoms with van der Waals surface area (Å²) in [4.78, 5) is 2.25. The summed E-state index contributed by atoms with van der Waals surface area (Å²) in [6.45, 7) is 1.90. The number of rotatable bonds is 3. The summed E-state index contributed by atoms with van der Waals surface area (Å²) in [6, 6.07) is 5.80. The van der Waals surface area contributed by atoms with Gasteiger partial charge in [-0.25, -0.2) is 0 Å². The molecule has 0 aromatic heterocycles. The van der Waals surface area contributed by atoms with Gasteiger partial charge in [-0.15, -0.1) is 0 Å². The Bertz CT molecular complexity index is 368. The van der Waals surface area contributed by atoms with Crippen LogP contribution in [-0.4, -0.2) is 33.4 Å². The highest BCUT2D eigenvalue weighted by Crippen LogP contribution is 2.30. The fourth-order valence-electron chi connectivity index (χ4n) is 2.09. The molecule has 4 nitrogen and oxygen atoms in total. The van der Waals surface area contributed by atoms with Crippen LogP contribution in [-0.2, 0) is 4.74 Å². The van der Waals surface area contributed by atoms with E-state index in [9.17, 15) is 0 Å². The van der Waals surface area contributed by atoms with Crippen molar-refractivity contribution in [2.75, 3.05) is 37.9 Å². The van der Waals surface area contributed by atoms with Crippen molar-refractivity contribution in [3.05, 3.63) is 18.2 Å². The minimum absolute atomic E-state index is 0.321. The third-order valence-corrected chi connectivity index (χ3v) is 3.05. The van der Waals surface area contributed by atoms with Gasteiger partial charge in [-0.2, -0.15) is 0 Å². The molecule has 1 atom stereocenters. The van der Waals surface area contributed by atoms with E-state index in [-0.39, 0.29) is 0 Å². The Hall–Kier alpha value is -1.42. The first-order valence-corrected chi connectivity index (χ1v) is 5.46. The van der Waals surface area contributed by atoms with E-state index >= 15 is 0 Å². The van der Waals surface area contributed by atoms with Crippen LogP contribution in [0.25, 0.3) is 0 Å². The normalized spacial score (nSPS) is 20.1. The van der Waals surface area contributed by atoms with Gasteiger partial charge >= 0.3 is 0 Å². The van der Waals surface area contributed by atoms with Crippen LogP contribution >= 0.6 is 0 Å². The number of benzene rings is 1. The topological polar surface area (TPSA) is 47.7 Å². The molecule has 0 radical (unpaired) electrons. The van der Waals surface area contributed by atoms with Crippen LogP contribution in [0.15, 0.2) is 18.2 Å². The Morgan fingerprint density at radius 1 is 1.38 bits per heavy atom. The van der Waals surface area contributed by atoms with Crippen LogP contribution in [0, 0.1) is 0 Å². The molecule has 2 N–H and O–H groups in total. The molecule has 1 aromatic carbocycles. The zero-order valence-electron chi connectivity index (χ0n) is 9.77. The van der Waals surface area contributed by atoms with Gasteiger partial charge in [-0.05, 0) is 18.6 Å². The molecule has 0 spiro atoms. The van der Waals surface area contributed by atoms with Gasteiger partial charge in [0.05, 0.1) is 24.6 Å². The van der Waals surface area contributed by atoms with E-state index in [1.54, 1.807) is 14.2 Å². The Labute approximate surface area is 95.9 Å². The van der Waals surface area contributed by atoms with Crippen molar-refractivity contribution < 1.29 is 9.47 Å². The predicted molar refractivity (Wildman–Crippen MR) is 65.0 cm³/mol. The highest BCUT2D eigenvalue weighted by atomic mass is 16.5. The first-order chi connectivity index (χ1) is 7.74. The lowest BCUT2D eigenvalue weighted by atomic mass is 10.2. The van der Waals surface area contributed by atoms with Crippen LogP contribution in [0.4, 0.5) is 11.4 Å². The van der Waals surface area contributed by atoms with Gasteiger partial charge in [0.1, 0.15) is 5.75 Å². The van der Waals surface area contributed by atoms with Crippen LogP contribution in [0.1, 0.15) is 6.42 Å². The third kappa shape index (κ3) is 2.07. The zero-order chi connectivity index (χ0) is 11.5. The molecule has 4 heteroatoms. The van der Waals surface area contributed by atoms with E-state index in [1.165, 1.54) is 0 Å². The molecule has 0 saturated carbocycles. The number of nitrogen functional groups attached to an aromatic ring is 1. The molecule has 1 aliphatic rings. The van der Waals surface area contributed by atoms with Crippen molar-refractivity contribution in [2.24, 2.45) is 0 Å². The van der Waals surface area contributed by atoms with Crippen LogP contribution < -0.4 is 15.4 Å². The van der Waals surface area contributed by atoms with Crippen LogP contribution in [0.2, 0.25) is 0 Å². The maximum atomic E-state index is 6.00. The molecule has 1 fully saturated rings. The second kappa shape index (κ2) is 4.61. The number of methoxy groups -OCH3 is 2. The van der Waals surface area contributed by atoms with E-state index < -0.39 is 0 Å². The smallest absolute Gasteiger partial charge is 0.121 e. The van der Waals surface area contributed by atoms with E-state index in [0.717, 1.165) is 36.6 Å². The van der Waals surface area contributed by atoms with Gasteiger partial charge in [0, 0.05) is 26.3 Å². The van der Waals surface area contributed by atoms with Gasteiger partial charge in [-0.1, -0.05) is 0 Å². The largest absolute Gasteiger partial charge is 0.497 e. The summed E-state index contributed by atoms with van der Waals surface area (Å²) in [5, 5.41) is 0. The van der Waals surface area contributed by atoms with Crippen molar-refractivity contribution in [3.8, 4) is 5.75 Å². The van der Waals surface area contributed by atoms with Crippen LogP contribution in [0.5, 0.6) is 5.75 Å². The molecule has 0 amide bonds. The number of hydrogen-bond donors (Lipinski definition) is 1. The summed E-state index contributed by atoms with van der Waals surface area (Å²) >= 11 is 0. The number of ether oxygens (including phenoxy) is 2. The lowest BCUT2D eigenvalue weighted by Gasteiger charge is -2.20. The van der Waals surface area contributed by atoms with E-state index in [2.05, 4.69) is 4.90 Å². The van der Waals surface area contributed by atoms with Gasteiger partial charge < -0.3 is 20.1 Å². The maximum Gasteiger partial charge on any atom is 0.121 e. The summed E-state index contributed by atoms with van der Waals surface area (Å²) in [6.07, 6.45) is 1.38. The van der Waals surface area contributed by atoms with E-state index in [1.807, 2.05) is 18.2 Å². The van der Waals surface area contributed by atoms with Crippen molar-refractivity contribution in [2.45, 2.75) is 12.5 Å². The average molecular weight is 222 g/mol. The highest BCUT2D eigenvalue weighted by molar-refractivity contribution is 5.70. The molecule has 16 heavy (non-hydrogen) atoms. The first-order valence-electron chi connectivity index (χ1n) is 5.46. The lowest BCUT2D eigenvalue weighted by molar-refractivity contribution is 0.121. The fraction of sp³-hybridized carbons (Fsp3) is 0.500. The zero-order valence-corrected chi connectivity index (χ0v) is 9.77. The Morgan fingerprint density at radius 2 is 2.19 bits per heavy atom. The quantitative estimate of drug-likeness (QED) is 0.787. The monoisotopic (exact) mass is 222 g/mol. The minimum atomic E-state index is 0.321. The Morgan fingerprint density at radius 3 is 2.75 bits per heavy atom. The van der Waals surface area contributed by atoms with Crippen molar-refractivity contribution in [3.63, 3.8) is 0 Å². The molecule has 1 heterocycles. The van der Waals surface area contributed by atoms with Gasteiger partial charge in [0.25, 0.3) is 0 Å². The highest BCUT2D eigenvalue weighted by Gasteiger charge is 2.23. The number of hydrogen-bond acceptors (Lipinski definition) is 4. The lowest BCUT2D eigenvalue weighted by Crippen LogP contribution is -2.23. The summed E-state index contributed by atoms with van der Waals surface area (Å²) in [5.41, 5.74) is 7.83. The predicted octanol–water partition coefficient (Wildman–Crippen LogP) is 1.50. The SMILES string of the molecule is COc1ccc(N2CCC(OC)C2)c(N)c1. The van der Waals surface area contributed by atoms with Gasteiger partial charge in [0.15, 0.2) is 0 Å². The van der Waals surface area contributed by atoms with E-state index in [0.29, 0.717) is 6.10 Å². The molecule has 1 unspecified atom stereocenters. The molecular formula is C12H18N2O2. The Balaban J connectivity index is 2.15. The molecule has 1 aliphatic heterocycles. The average Bonchev–Trinajstić information content (AvgIpc) is 2.77. The molecule has 0 bridgehead atoms. The maximum absolute atomic E-state index is 6.00. The van der Waals surface area contributed by atoms with Crippen molar-refractivity contribution >= 4 is 11.4 Å². The summed E-state index contributed by atoms with van der Waals surface area (Å²) in [7, 11) is 3.40. The molecule has 88 valence electrons.